The van der Waals surface area contributed by atoms with E-state index in [1.165, 1.54) is 0 Å². The van der Waals surface area contributed by atoms with E-state index in [2.05, 4.69) is 0 Å². The molecular weight excluding hydrogens is 302 g/mol. The minimum Gasteiger partial charge on any atom is -0.494 e. The first-order valence-electron chi connectivity index (χ1n) is 7.80. The SMILES string of the molecule is CC.O=C(CN1CCCC1=O)c1ccc(OCCCCl)cc1. The zero-order valence-electron chi connectivity index (χ0n) is 13.3. The van der Waals surface area contributed by atoms with Crippen LogP contribution in [0.1, 0.15) is 43.5 Å². The van der Waals surface area contributed by atoms with Crippen molar-refractivity contribution in [3.05, 3.63) is 29.8 Å². The average Bonchev–Trinajstić information content (AvgIpc) is 2.95. The van der Waals surface area contributed by atoms with Gasteiger partial charge in [-0.15, -0.1) is 11.6 Å². The second kappa shape index (κ2) is 10.2. The van der Waals surface area contributed by atoms with Crippen LogP contribution in [0.15, 0.2) is 24.3 Å². The van der Waals surface area contributed by atoms with Gasteiger partial charge in [0.2, 0.25) is 5.91 Å². The summed E-state index contributed by atoms with van der Waals surface area (Å²) in [5.74, 6) is 1.33. The molecule has 22 heavy (non-hydrogen) atoms. The average molecular weight is 326 g/mol. The Morgan fingerprint density at radius 2 is 1.95 bits per heavy atom. The Morgan fingerprint density at radius 3 is 2.50 bits per heavy atom. The van der Waals surface area contributed by atoms with Crippen molar-refractivity contribution in [3.8, 4) is 5.75 Å². The molecule has 1 aliphatic heterocycles. The summed E-state index contributed by atoms with van der Waals surface area (Å²) in [7, 11) is 0. The van der Waals surface area contributed by atoms with Gasteiger partial charge in [0.05, 0.1) is 13.2 Å². The maximum absolute atomic E-state index is 12.1. The highest BCUT2D eigenvalue weighted by molar-refractivity contribution is 6.17. The Balaban J connectivity index is 0.00000116. The standard InChI is InChI=1S/C15H18ClNO3.C2H6/c16-8-2-10-20-13-6-4-12(5-7-13)14(18)11-17-9-1-3-15(17)19;1-2/h4-7H,1-3,8-11H2;1-2H3. The van der Waals surface area contributed by atoms with Crippen LogP contribution in [0.4, 0.5) is 0 Å². The fourth-order valence-electron chi connectivity index (χ4n) is 2.12. The van der Waals surface area contributed by atoms with Crippen molar-refractivity contribution >= 4 is 23.3 Å². The monoisotopic (exact) mass is 325 g/mol. The van der Waals surface area contributed by atoms with Gasteiger partial charge in [-0.25, -0.2) is 0 Å². The normalized spacial score (nSPS) is 13.6. The largest absolute Gasteiger partial charge is 0.494 e. The van der Waals surface area contributed by atoms with Crippen LogP contribution in [0.25, 0.3) is 0 Å². The lowest BCUT2D eigenvalue weighted by molar-refractivity contribution is -0.127. The first-order valence-corrected chi connectivity index (χ1v) is 8.34. The number of rotatable bonds is 7. The van der Waals surface area contributed by atoms with E-state index in [0.717, 1.165) is 18.6 Å². The Labute approximate surface area is 137 Å². The molecule has 0 N–H and O–H groups in total. The predicted octanol–water partition coefficient (Wildman–Crippen LogP) is 3.53. The fraction of sp³-hybridized carbons (Fsp3) is 0.529. The smallest absolute Gasteiger partial charge is 0.223 e. The number of benzene rings is 1. The minimum atomic E-state index is -0.0347. The minimum absolute atomic E-state index is 0.0347. The number of hydrogen-bond acceptors (Lipinski definition) is 3. The maximum Gasteiger partial charge on any atom is 0.223 e. The molecule has 0 atom stereocenters. The van der Waals surface area contributed by atoms with Crippen LogP contribution in [0.5, 0.6) is 5.75 Å². The van der Waals surface area contributed by atoms with Crippen molar-refractivity contribution in [1.29, 1.82) is 0 Å². The lowest BCUT2D eigenvalue weighted by Crippen LogP contribution is -2.30. The zero-order valence-corrected chi connectivity index (χ0v) is 14.1. The molecule has 1 heterocycles. The van der Waals surface area contributed by atoms with Gasteiger partial charge in [-0.05, 0) is 37.1 Å². The lowest BCUT2D eigenvalue weighted by Gasteiger charge is -2.14. The van der Waals surface area contributed by atoms with E-state index in [4.69, 9.17) is 16.3 Å². The van der Waals surface area contributed by atoms with Crippen LogP contribution >= 0.6 is 11.6 Å². The number of Topliss-reactive ketones (excluding diaryl/α,β-unsaturated/α-hetero) is 1. The predicted molar refractivity (Wildman–Crippen MR) is 88.8 cm³/mol. The molecule has 0 unspecified atom stereocenters. The number of hydrogen-bond donors (Lipinski definition) is 0. The maximum atomic E-state index is 12.1. The lowest BCUT2D eigenvalue weighted by atomic mass is 10.1. The third-order valence-electron chi connectivity index (χ3n) is 3.23. The Bertz CT molecular complexity index is 473. The van der Waals surface area contributed by atoms with Crippen molar-refractivity contribution in [1.82, 2.24) is 4.90 Å². The van der Waals surface area contributed by atoms with E-state index in [-0.39, 0.29) is 18.2 Å². The van der Waals surface area contributed by atoms with Gasteiger partial charge in [-0.1, -0.05) is 13.8 Å². The van der Waals surface area contributed by atoms with Gasteiger partial charge in [-0.3, -0.25) is 9.59 Å². The van der Waals surface area contributed by atoms with Crippen molar-refractivity contribution < 1.29 is 14.3 Å². The Hall–Kier alpha value is -1.55. The summed E-state index contributed by atoms with van der Waals surface area (Å²) >= 11 is 5.57. The van der Waals surface area contributed by atoms with Crippen molar-refractivity contribution in [2.75, 3.05) is 25.6 Å². The van der Waals surface area contributed by atoms with Crippen LogP contribution in [-0.4, -0.2) is 42.2 Å². The molecule has 0 aliphatic carbocycles. The summed E-state index contributed by atoms with van der Waals surface area (Å²) in [4.78, 5) is 25.2. The number of carbonyl (C=O) groups excluding carboxylic acids is 2. The van der Waals surface area contributed by atoms with Gasteiger partial charge in [0.1, 0.15) is 5.75 Å². The van der Waals surface area contributed by atoms with Crippen molar-refractivity contribution in [3.63, 3.8) is 0 Å². The molecule has 0 spiro atoms. The number of ether oxygens (including phenoxy) is 1. The third kappa shape index (κ3) is 5.68. The molecule has 0 bridgehead atoms. The van der Waals surface area contributed by atoms with Gasteiger partial charge in [0.25, 0.3) is 0 Å². The summed E-state index contributed by atoms with van der Waals surface area (Å²) in [6.07, 6.45) is 2.19. The molecule has 1 aromatic rings. The number of alkyl halides is 1. The van der Waals surface area contributed by atoms with E-state index >= 15 is 0 Å². The molecule has 1 aromatic carbocycles. The topological polar surface area (TPSA) is 46.6 Å². The number of likely N-dealkylation sites (tertiary alicyclic amines) is 1. The Morgan fingerprint density at radius 1 is 1.27 bits per heavy atom. The highest BCUT2D eigenvalue weighted by atomic mass is 35.5. The number of ketones is 1. The van der Waals surface area contributed by atoms with Crippen molar-refractivity contribution in [2.24, 2.45) is 0 Å². The molecule has 5 heteroatoms. The molecular formula is C17H24ClNO3. The van der Waals surface area contributed by atoms with Gasteiger partial charge >= 0.3 is 0 Å². The van der Waals surface area contributed by atoms with Crippen molar-refractivity contribution in [2.45, 2.75) is 33.1 Å². The molecule has 0 aromatic heterocycles. The van der Waals surface area contributed by atoms with Crippen LogP contribution in [-0.2, 0) is 4.79 Å². The van der Waals surface area contributed by atoms with E-state index in [0.29, 0.717) is 31.0 Å². The van der Waals surface area contributed by atoms with E-state index in [9.17, 15) is 9.59 Å². The van der Waals surface area contributed by atoms with Crippen LogP contribution in [0.2, 0.25) is 0 Å². The summed E-state index contributed by atoms with van der Waals surface area (Å²) < 4.78 is 5.47. The Kier molecular flexibility index (Phi) is 8.60. The fourth-order valence-corrected chi connectivity index (χ4v) is 2.23. The molecule has 0 saturated carbocycles. The molecule has 2 rings (SSSR count). The van der Waals surface area contributed by atoms with E-state index in [1.807, 2.05) is 13.8 Å². The zero-order chi connectivity index (χ0) is 16.4. The molecule has 122 valence electrons. The summed E-state index contributed by atoms with van der Waals surface area (Å²) in [5.41, 5.74) is 0.606. The first-order chi connectivity index (χ1) is 10.7. The molecule has 0 radical (unpaired) electrons. The molecule has 1 saturated heterocycles. The summed E-state index contributed by atoms with van der Waals surface area (Å²) in [5, 5.41) is 0. The highest BCUT2D eigenvalue weighted by Crippen LogP contribution is 2.15. The molecule has 1 amide bonds. The van der Waals surface area contributed by atoms with Gasteiger partial charge in [0, 0.05) is 24.4 Å². The van der Waals surface area contributed by atoms with Crippen LogP contribution < -0.4 is 4.74 Å². The number of carbonyl (C=O) groups is 2. The highest BCUT2D eigenvalue weighted by Gasteiger charge is 2.22. The van der Waals surface area contributed by atoms with Crippen LogP contribution in [0, 0.1) is 0 Å². The first kappa shape index (κ1) is 18.5. The number of halogens is 1. The number of nitrogens with zero attached hydrogens (tertiary/aromatic N) is 1. The van der Waals surface area contributed by atoms with Gasteiger partial charge < -0.3 is 9.64 Å². The van der Waals surface area contributed by atoms with Gasteiger partial charge in [-0.2, -0.15) is 0 Å². The van der Waals surface area contributed by atoms with E-state index in [1.54, 1.807) is 29.2 Å². The third-order valence-corrected chi connectivity index (χ3v) is 3.50. The van der Waals surface area contributed by atoms with Gasteiger partial charge in [0.15, 0.2) is 5.78 Å². The number of amides is 1. The summed E-state index contributed by atoms with van der Waals surface area (Å²) in [6, 6.07) is 7.01. The molecule has 1 aliphatic rings. The molecule has 4 nitrogen and oxygen atoms in total. The molecule has 1 fully saturated rings. The van der Waals surface area contributed by atoms with Crippen LogP contribution in [0.3, 0.4) is 0 Å². The van der Waals surface area contributed by atoms with E-state index < -0.39 is 0 Å². The second-order valence-corrected chi connectivity index (χ2v) is 5.14. The quantitative estimate of drug-likeness (QED) is 0.438. The second-order valence-electron chi connectivity index (χ2n) is 4.76. The summed E-state index contributed by atoms with van der Waals surface area (Å²) in [6.45, 7) is 5.43.